The molecule has 1 saturated carbocycles. The van der Waals surface area contributed by atoms with Gasteiger partial charge in [0.05, 0.1) is 35.4 Å². The number of esters is 2. The molecule has 0 radical (unpaired) electrons. The van der Waals surface area contributed by atoms with Crippen LogP contribution in [-0.4, -0.2) is 61.0 Å². The van der Waals surface area contributed by atoms with Crippen LogP contribution in [-0.2, 0) is 54.2 Å². The molecule has 2 aromatic heterocycles. The fourth-order valence-corrected chi connectivity index (χ4v) is 10.6. The minimum absolute atomic E-state index is 0.0606. The molecule has 0 unspecified atom stereocenters. The van der Waals surface area contributed by atoms with E-state index in [4.69, 9.17) is 19.4 Å². The lowest BCUT2D eigenvalue weighted by Gasteiger charge is -2.30. The van der Waals surface area contributed by atoms with Crippen molar-refractivity contribution in [2.24, 2.45) is 5.92 Å². The largest absolute Gasteiger partial charge is 0.465 e. The normalized spacial score (nSPS) is 12.9. The van der Waals surface area contributed by atoms with E-state index in [1.165, 1.54) is 85.5 Å². The first kappa shape index (κ1) is 58.1. The minimum atomic E-state index is -0.299. The van der Waals surface area contributed by atoms with Gasteiger partial charge < -0.3 is 18.6 Å². The molecule has 1 aliphatic carbocycles. The Morgan fingerprint density at radius 3 is 1.60 bits per heavy atom. The Hall–Kier alpha value is -6.62. The van der Waals surface area contributed by atoms with E-state index in [0.717, 1.165) is 114 Å². The van der Waals surface area contributed by atoms with Crippen molar-refractivity contribution in [2.45, 2.75) is 164 Å². The summed E-state index contributed by atoms with van der Waals surface area (Å²) in [4.78, 5) is 39.0. The maximum atomic E-state index is 11.9. The van der Waals surface area contributed by atoms with Crippen LogP contribution < -0.4 is 4.74 Å². The molecule has 10 heteroatoms. The predicted octanol–water partition coefficient (Wildman–Crippen LogP) is 15.8. The summed E-state index contributed by atoms with van der Waals surface area (Å²) in [5.41, 5.74) is 11.3. The highest BCUT2D eigenvalue weighted by molar-refractivity contribution is 5.89. The van der Waals surface area contributed by atoms with Crippen molar-refractivity contribution in [2.75, 3.05) is 20.2 Å². The molecule has 0 N–H and O–H groups in total. The van der Waals surface area contributed by atoms with Gasteiger partial charge in [0.25, 0.3) is 0 Å². The van der Waals surface area contributed by atoms with Gasteiger partial charge >= 0.3 is 11.9 Å². The van der Waals surface area contributed by atoms with Crippen molar-refractivity contribution in [3.8, 4) is 39.8 Å². The molecule has 1 fully saturated rings. The Balaban J connectivity index is 0.000000226. The second-order valence-corrected chi connectivity index (χ2v) is 22.0. The Labute approximate surface area is 460 Å². The van der Waals surface area contributed by atoms with Crippen molar-refractivity contribution >= 4 is 11.9 Å². The zero-order chi connectivity index (χ0) is 54.6. The van der Waals surface area contributed by atoms with E-state index in [0.29, 0.717) is 17.2 Å². The zero-order valence-electron chi connectivity index (χ0n) is 47.6. The molecule has 0 amide bonds. The van der Waals surface area contributed by atoms with E-state index >= 15 is 0 Å². The van der Waals surface area contributed by atoms with Gasteiger partial charge in [0, 0.05) is 74.8 Å². The molecule has 10 nitrogen and oxygen atoms in total. The lowest BCUT2D eigenvalue weighted by molar-refractivity contribution is -0.131. The van der Waals surface area contributed by atoms with Gasteiger partial charge in [-0.1, -0.05) is 195 Å². The summed E-state index contributed by atoms with van der Waals surface area (Å²) in [7, 11) is 1.42. The Kier molecular flexibility index (Phi) is 22.0. The quantitative estimate of drug-likeness (QED) is 0.0436. The van der Waals surface area contributed by atoms with Crippen LogP contribution in [0.15, 0.2) is 140 Å². The first-order valence-corrected chi connectivity index (χ1v) is 28.6. The van der Waals surface area contributed by atoms with Crippen LogP contribution in [0.25, 0.3) is 34.0 Å². The highest BCUT2D eigenvalue weighted by Crippen LogP contribution is 2.35. The van der Waals surface area contributed by atoms with Crippen LogP contribution in [0.3, 0.4) is 0 Å². The molecule has 1 aliphatic rings. The van der Waals surface area contributed by atoms with Gasteiger partial charge in [-0.15, -0.1) is 0 Å². The summed E-state index contributed by atoms with van der Waals surface area (Å²) in [6.07, 6.45) is 13.4. The van der Waals surface area contributed by atoms with Crippen LogP contribution in [0.4, 0.5) is 0 Å². The maximum absolute atomic E-state index is 11.9. The molecule has 408 valence electrons. The van der Waals surface area contributed by atoms with Crippen molar-refractivity contribution in [1.29, 1.82) is 0 Å². The van der Waals surface area contributed by atoms with Gasteiger partial charge in [0.15, 0.2) is 0 Å². The first-order chi connectivity index (χ1) is 37.4. The third-order valence-corrected chi connectivity index (χ3v) is 14.6. The smallest absolute Gasteiger partial charge is 0.337 e. The van der Waals surface area contributed by atoms with Crippen molar-refractivity contribution in [3.05, 3.63) is 173 Å². The van der Waals surface area contributed by atoms with Crippen LogP contribution >= 0.6 is 0 Å². The Bertz CT molecular complexity index is 2860. The average Bonchev–Trinajstić information content (AvgIpc) is 4.02. The summed E-state index contributed by atoms with van der Waals surface area (Å²) < 4.78 is 15.1. The van der Waals surface area contributed by atoms with E-state index < -0.39 is 0 Å². The summed E-state index contributed by atoms with van der Waals surface area (Å²) in [5, 5.41) is 0. The number of carbonyl (C=O) groups is 2. The molecule has 0 atom stereocenters. The topological polar surface area (TPSA) is 94.7 Å². The molecule has 8 rings (SSSR count). The molecule has 0 saturated heterocycles. The molecular weight excluding hydrogens is 953 g/mol. The summed E-state index contributed by atoms with van der Waals surface area (Å²) in [6, 6.07) is 47.7. The maximum Gasteiger partial charge on any atom is 0.337 e. The molecule has 77 heavy (non-hydrogen) atoms. The Morgan fingerprint density at radius 1 is 0.584 bits per heavy atom. The number of aromatic nitrogens is 4. The van der Waals surface area contributed by atoms with Crippen LogP contribution in [0, 0.1) is 5.92 Å². The Morgan fingerprint density at radius 2 is 1.08 bits per heavy atom. The molecule has 0 aliphatic heterocycles. The van der Waals surface area contributed by atoms with Crippen molar-refractivity contribution < 1.29 is 19.1 Å². The molecule has 0 spiro atoms. The predicted molar refractivity (Wildman–Crippen MR) is 315 cm³/mol. The van der Waals surface area contributed by atoms with Gasteiger partial charge in [-0.2, -0.15) is 0 Å². The van der Waals surface area contributed by atoms with Crippen molar-refractivity contribution in [3.63, 3.8) is 0 Å². The number of imidazole rings is 2. The van der Waals surface area contributed by atoms with E-state index in [1.54, 1.807) is 0 Å². The number of ether oxygens (including phenoxy) is 2. The van der Waals surface area contributed by atoms with Gasteiger partial charge in [-0.25, -0.2) is 14.8 Å². The molecule has 7 aromatic rings. The van der Waals surface area contributed by atoms with Gasteiger partial charge in [-0.3, -0.25) is 14.6 Å². The summed E-state index contributed by atoms with van der Waals surface area (Å²) in [5.74, 6) is 2.84. The van der Waals surface area contributed by atoms with E-state index in [1.807, 2.05) is 36.4 Å². The monoisotopic (exact) mass is 1040 g/mol. The third kappa shape index (κ3) is 16.7. The third-order valence-electron chi connectivity index (χ3n) is 14.6. The molecule has 2 heterocycles. The fourth-order valence-electron chi connectivity index (χ4n) is 10.6. The first-order valence-electron chi connectivity index (χ1n) is 28.6. The minimum Gasteiger partial charge on any atom is -0.465 e. The number of unbranched alkanes of at least 4 members (excludes halogenated alkanes) is 3. The second kappa shape index (κ2) is 29.2. The highest BCUT2D eigenvalue weighted by Gasteiger charge is 2.29. The van der Waals surface area contributed by atoms with Gasteiger partial charge in [-0.05, 0) is 80.0 Å². The van der Waals surface area contributed by atoms with E-state index in [-0.39, 0.29) is 17.4 Å². The number of benzene rings is 5. The van der Waals surface area contributed by atoms with E-state index in [9.17, 15) is 9.59 Å². The number of hydrogen-bond acceptors (Lipinski definition) is 8. The lowest BCUT2D eigenvalue weighted by atomic mass is 9.89. The molecular formula is C67H86N6O4. The zero-order valence-corrected chi connectivity index (χ0v) is 47.6. The van der Waals surface area contributed by atoms with Crippen LogP contribution in [0.1, 0.15) is 158 Å². The lowest BCUT2D eigenvalue weighted by Crippen LogP contribution is -2.31. The standard InChI is InChI=1S/C36H43N3O2.C31H43N3O2/c1-3-4-24-39-34(35(31-16-10-6-11-17-31)37-36(39)32-18-12-7-13-19-32)27-38(25-29-14-8-5-9-15-29)26-30-20-22-33(23-21-30)41-28(2)40;1-7-9-20-33(22-24-16-18-26(19-17-24)30(35)36-6)23-27-28(31(3,4)5)32-29(34(27)21-10-8-2)25-14-12-11-13-15-25/h6-7,10-13,16-23,29H,3-5,8-9,14-15,24-27H2,1-2H3;11-19H,7-10,20-23H2,1-6H3. The SMILES string of the molecule is CCCCN(Cc1ccc(C(=O)OC)cc1)Cc1c(C(C)(C)C)nc(-c2ccccc2)n1CCCC.CCCCn1c(-c2ccccc2)nc(-c2ccccc2)c1CN(Cc1ccc(OC(C)=O)cc1)CC1CCCCC1. The number of rotatable bonds is 24. The highest BCUT2D eigenvalue weighted by atomic mass is 16.5. The number of nitrogens with zero attached hydrogens (tertiary/aromatic N) is 6. The van der Waals surface area contributed by atoms with Crippen LogP contribution in [0.2, 0.25) is 0 Å². The summed E-state index contributed by atoms with van der Waals surface area (Å²) in [6.45, 7) is 22.3. The van der Waals surface area contributed by atoms with Crippen LogP contribution in [0.5, 0.6) is 5.75 Å². The fraction of sp³-hybridized carbons (Fsp3) is 0.433. The van der Waals surface area contributed by atoms with E-state index in [2.05, 4.69) is 164 Å². The number of hydrogen-bond donors (Lipinski definition) is 0. The van der Waals surface area contributed by atoms with Gasteiger partial charge in [0.1, 0.15) is 17.4 Å². The van der Waals surface area contributed by atoms with Crippen molar-refractivity contribution in [1.82, 2.24) is 28.9 Å². The second-order valence-electron chi connectivity index (χ2n) is 22.0. The van der Waals surface area contributed by atoms with Gasteiger partial charge in [0.2, 0.25) is 0 Å². The molecule has 0 bridgehead atoms. The number of carbonyl (C=O) groups excluding carboxylic acids is 2. The average molecular weight is 1040 g/mol. The summed E-state index contributed by atoms with van der Waals surface area (Å²) >= 11 is 0. The number of methoxy groups -OCH3 is 1. The molecule has 5 aromatic carbocycles.